The van der Waals surface area contributed by atoms with E-state index in [4.69, 9.17) is 29.6 Å². The molecule has 2 aromatic carbocycles. The molecule has 6 heteroatoms. The topological polar surface area (TPSA) is 49.4 Å². The monoisotopic (exact) mass is 428 g/mol. The second-order valence-electron chi connectivity index (χ2n) is 7.12. The highest BCUT2D eigenvalue weighted by molar-refractivity contribution is 6.44. The number of terminal acetylenes is 1. The summed E-state index contributed by atoms with van der Waals surface area (Å²) in [4.78, 5) is 27.7. The first-order valence-electron chi connectivity index (χ1n) is 9.56. The van der Waals surface area contributed by atoms with Gasteiger partial charge in [-0.2, -0.15) is 0 Å². The second-order valence-corrected chi connectivity index (χ2v) is 7.90. The molecule has 3 rings (SSSR count). The molecule has 150 valence electrons. The quantitative estimate of drug-likeness (QED) is 0.682. The first-order valence-corrected chi connectivity index (χ1v) is 10.3. The fraction of sp³-hybridized carbons (Fsp3) is 0.304. The van der Waals surface area contributed by atoms with Crippen molar-refractivity contribution in [1.29, 1.82) is 0 Å². The van der Waals surface area contributed by atoms with Crippen LogP contribution in [0.15, 0.2) is 48.5 Å². The first-order chi connectivity index (χ1) is 14.0. The molecule has 0 saturated heterocycles. The van der Waals surface area contributed by atoms with Gasteiger partial charge in [-0.15, -0.1) is 6.42 Å². The van der Waals surface area contributed by atoms with E-state index in [9.17, 15) is 9.59 Å². The number of nitrogens with one attached hydrogen (secondary N) is 1. The SMILES string of the molecule is C#CC(=O)N(c1cccc(Cl)c1Cl)C1(C(=O)NCc2ccccc2)CCCCC1. The molecule has 0 aliphatic heterocycles. The summed E-state index contributed by atoms with van der Waals surface area (Å²) in [7, 11) is 0. The summed E-state index contributed by atoms with van der Waals surface area (Å²) in [6, 6.07) is 14.6. The standard InChI is InChI=1S/C23H22Cl2N2O2/c1-2-20(28)27(19-13-9-12-18(24)21(19)25)23(14-7-4-8-15-23)22(29)26-16-17-10-5-3-6-11-17/h1,3,5-6,9-13H,4,7-8,14-16H2,(H,26,29). The Morgan fingerprint density at radius 2 is 1.72 bits per heavy atom. The molecule has 29 heavy (non-hydrogen) atoms. The van der Waals surface area contributed by atoms with Gasteiger partial charge in [-0.25, -0.2) is 0 Å². The summed E-state index contributed by atoms with van der Waals surface area (Å²) in [5.41, 5.74) is 0.228. The molecule has 2 amide bonds. The van der Waals surface area contributed by atoms with Crippen molar-refractivity contribution < 1.29 is 9.59 Å². The van der Waals surface area contributed by atoms with Crippen LogP contribution in [0.2, 0.25) is 10.0 Å². The normalized spacial score (nSPS) is 15.2. The van der Waals surface area contributed by atoms with Crippen molar-refractivity contribution in [3.8, 4) is 12.3 Å². The zero-order valence-corrected chi connectivity index (χ0v) is 17.5. The van der Waals surface area contributed by atoms with Gasteiger partial charge in [-0.05, 0) is 36.5 Å². The van der Waals surface area contributed by atoms with Crippen LogP contribution in [0, 0.1) is 12.3 Å². The average molecular weight is 429 g/mol. The lowest BCUT2D eigenvalue weighted by Gasteiger charge is -2.44. The van der Waals surface area contributed by atoms with Crippen LogP contribution in [0.1, 0.15) is 37.7 Å². The van der Waals surface area contributed by atoms with Gasteiger partial charge in [0.1, 0.15) is 5.54 Å². The van der Waals surface area contributed by atoms with Crippen LogP contribution in [0.4, 0.5) is 5.69 Å². The number of benzene rings is 2. The summed E-state index contributed by atoms with van der Waals surface area (Å²) in [5.74, 6) is 1.33. The molecule has 2 aromatic rings. The number of rotatable bonds is 5. The van der Waals surface area contributed by atoms with Crippen LogP contribution in [-0.4, -0.2) is 17.4 Å². The van der Waals surface area contributed by atoms with Gasteiger partial charge in [0, 0.05) is 6.54 Å². The number of carbonyl (C=O) groups excluding carboxylic acids is 2. The van der Waals surface area contributed by atoms with Crippen LogP contribution in [-0.2, 0) is 16.1 Å². The van der Waals surface area contributed by atoms with Gasteiger partial charge in [0.25, 0.3) is 0 Å². The molecule has 0 bridgehead atoms. The lowest BCUT2D eigenvalue weighted by molar-refractivity contribution is -0.130. The van der Waals surface area contributed by atoms with E-state index in [2.05, 4.69) is 11.2 Å². The van der Waals surface area contributed by atoms with E-state index in [1.165, 1.54) is 4.90 Å². The van der Waals surface area contributed by atoms with E-state index in [0.717, 1.165) is 24.8 Å². The van der Waals surface area contributed by atoms with E-state index >= 15 is 0 Å². The average Bonchev–Trinajstić information content (AvgIpc) is 2.76. The Labute approximate surface area is 181 Å². The highest BCUT2D eigenvalue weighted by Crippen LogP contribution is 2.42. The van der Waals surface area contributed by atoms with Gasteiger partial charge in [0.2, 0.25) is 5.91 Å². The van der Waals surface area contributed by atoms with E-state index < -0.39 is 11.4 Å². The van der Waals surface area contributed by atoms with Crippen LogP contribution in [0.3, 0.4) is 0 Å². The molecule has 4 nitrogen and oxygen atoms in total. The fourth-order valence-electron chi connectivity index (χ4n) is 3.90. The molecule has 1 N–H and O–H groups in total. The minimum absolute atomic E-state index is 0.207. The lowest BCUT2D eigenvalue weighted by atomic mass is 9.78. The van der Waals surface area contributed by atoms with Gasteiger partial charge < -0.3 is 5.32 Å². The molecule has 0 heterocycles. The number of hydrogen-bond acceptors (Lipinski definition) is 2. The summed E-state index contributed by atoms with van der Waals surface area (Å²) < 4.78 is 0. The largest absolute Gasteiger partial charge is 0.350 e. The van der Waals surface area contributed by atoms with Crippen molar-refractivity contribution in [2.75, 3.05) is 4.90 Å². The highest BCUT2D eigenvalue weighted by Gasteiger charge is 2.48. The maximum atomic E-state index is 13.5. The minimum Gasteiger partial charge on any atom is -0.350 e. The molecular weight excluding hydrogens is 407 g/mol. The van der Waals surface area contributed by atoms with Crippen LogP contribution >= 0.6 is 23.2 Å². The third kappa shape index (κ3) is 4.42. The van der Waals surface area contributed by atoms with Crippen LogP contribution < -0.4 is 10.2 Å². The number of halogens is 2. The molecule has 0 unspecified atom stereocenters. The minimum atomic E-state index is -1.11. The van der Waals surface area contributed by atoms with E-state index in [0.29, 0.717) is 30.1 Å². The second kappa shape index (κ2) is 9.35. The van der Waals surface area contributed by atoms with Gasteiger partial charge in [0.15, 0.2) is 0 Å². The van der Waals surface area contributed by atoms with E-state index in [1.54, 1.807) is 18.2 Å². The first kappa shape index (κ1) is 21.2. The number of amides is 2. The molecule has 1 fully saturated rings. The third-order valence-electron chi connectivity index (χ3n) is 5.33. The molecule has 0 radical (unpaired) electrons. The summed E-state index contributed by atoms with van der Waals surface area (Å²) in [6.45, 7) is 0.364. The predicted molar refractivity (Wildman–Crippen MR) is 117 cm³/mol. The van der Waals surface area contributed by atoms with Crippen molar-refractivity contribution in [3.63, 3.8) is 0 Å². The number of anilines is 1. The fourth-order valence-corrected chi connectivity index (χ4v) is 4.28. The van der Waals surface area contributed by atoms with Crippen LogP contribution in [0.5, 0.6) is 0 Å². The molecule has 1 aliphatic carbocycles. The maximum Gasteiger partial charge on any atom is 0.303 e. The van der Waals surface area contributed by atoms with Gasteiger partial charge in [-0.1, -0.05) is 78.9 Å². The molecule has 1 saturated carbocycles. The number of nitrogens with zero attached hydrogens (tertiary/aromatic N) is 1. The van der Waals surface area contributed by atoms with Gasteiger partial charge >= 0.3 is 5.91 Å². The van der Waals surface area contributed by atoms with Crippen LogP contribution in [0.25, 0.3) is 0 Å². The molecule has 0 spiro atoms. The zero-order valence-electron chi connectivity index (χ0n) is 16.0. The summed E-state index contributed by atoms with van der Waals surface area (Å²) >= 11 is 12.6. The molecule has 0 atom stereocenters. The lowest BCUT2D eigenvalue weighted by Crippen LogP contribution is -2.62. The van der Waals surface area contributed by atoms with E-state index in [-0.39, 0.29) is 10.9 Å². The Morgan fingerprint density at radius 1 is 1.03 bits per heavy atom. The summed E-state index contributed by atoms with van der Waals surface area (Å²) in [5, 5.41) is 3.50. The van der Waals surface area contributed by atoms with Crippen molar-refractivity contribution in [2.45, 2.75) is 44.2 Å². The Morgan fingerprint density at radius 3 is 2.38 bits per heavy atom. The predicted octanol–water partition coefficient (Wildman–Crippen LogP) is 4.98. The molecule has 0 aromatic heterocycles. The molecule has 1 aliphatic rings. The number of hydrogen-bond donors (Lipinski definition) is 1. The van der Waals surface area contributed by atoms with Crippen molar-refractivity contribution in [2.24, 2.45) is 0 Å². The Hall–Kier alpha value is -2.48. The van der Waals surface area contributed by atoms with E-state index in [1.807, 2.05) is 30.3 Å². The summed E-state index contributed by atoms with van der Waals surface area (Å²) in [6.07, 6.45) is 9.10. The third-order valence-corrected chi connectivity index (χ3v) is 6.13. The Balaban J connectivity index is 2.01. The smallest absolute Gasteiger partial charge is 0.303 e. The Bertz CT molecular complexity index is 932. The number of carbonyl (C=O) groups is 2. The van der Waals surface area contributed by atoms with Crippen molar-refractivity contribution in [1.82, 2.24) is 5.32 Å². The Kier molecular flexibility index (Phi) is 6.84. The van der Waals surface area contributed by atoms with Crippen molar-refractivity contribution in [3.05, 3.63) is 64.1 Å². The van der Waals surface area contributed by atoms with Crippen molar-refractivity contribution >= 4 is 40.7 Å². The zero-order chi connectivity index (χ0) is 20.9. The van der Waals surface area contributed by atoms with Gasteiger partial charge in [0.05, 0.1) is 15.7 Å². The maximum absolute atomic E-state index is 13.5. The van der Waals surface area contributed by atoms with Gasteiger partial charge in [-0.3, -0.25) is 14.5 Å². The highest BCUT2D eigenvalue weighted by atomic mass is 35.5. The molecular formula is C23H22Cl2N2O2.